The highest BCUT2D eigenvalue weighted by Crippen LogP contribution is 2.27. The number of amides is 1. The van der Waals surface area contributed by atoms with Crippen LogP contribution in [0.2, 0.25) is 0 Å². The van der Waals surface area contributed by atoms with Crippen molar-refractivity contribution in [2.75, 3.05) is 18.9 Å². The number of hydrogen-bond acceptors (Lipinski definition) is 5. The van der Waals surface area contributed by atoms with Crippen LogP contribution in [0.1, 0.15) is 5.82 Å². The molecule has 0 spiro atoms. The standard InChI is InChI=1S/C9H9F3N6O/c1-13-7(19)4-14-5-2-3-6-15-16-8(9(10,11)12)18(6)17-5/h2-3H,4H2,1H3,(H,13,19)(H,14,17). The molecule has 0 aliphatic heterocycles. The first-order valence-corrected chi connectivity index (χ1v) is 5.16. The number of carbonyl (C=O) groups is 1. The van der Waals surface area contributed by atoms with Crippen molar-refractivity contribution in [1.82, 2.24) is 25.1 Å². The van der Waals surface area contributed by atoms with Crippen LogP contribution < -0.4 is 10.6 Å². The summed E-state index contributed by atoms with van der Waals surface area (Å²) in [5, 5.41) is 15.0. The Bertz CT molecular complexity index is 608. The third kappa shape index (κ3) is 2.72. The summed E-state index contributed by atoms with van der Waals surface area (Å²) in [4.78, 5) is 11.0. The van der Waals surface area contributed by atoms with E-state index in [4.69, 9.17) is 0 Å². The number of aromatic nitrogens is 4. The third-order valence-electron chi connectivity index (χ3n) is 2.23. The van der Waals surface area contributed by atoms with E-state index >= 15 is 0 Å². The maximum absolute atomic E-state index is 12.6. The van der Waals surface area contributed by atoms with Gasteiger partial charge in [-0.25, -0.2) is 0 Å². The first kappa shape index (κ1) is 13.1. The highest BCUT2D eigenvalue weighted by Gasteiger charge is 2.37. The Morgan fingerprint density at radius 2 is 2.11 bits per heavy atom. The van der Waals surface area contributed by atoms with Gasteiger partial charge >= 0.3 is 6.18 Å². The SMILES string of the molecule is CNC(=O)CNc1ccc2nnc(C(F)(F)F)n2n1. The van der Waals surface area contributed by atoms with Crippen LogP contribution in [0.5, 0.6) is 0 Å². The summed E-state index contributed by atoms with van der Waals surface area (Å²) in [6, 6.07) is 2.73. The van der Waals surface area contributed by atoms with E-state index < -0.39 is 12.0 Å². The molecule has 0 radical (unpaired) electrons. The smallest absolute Gasteiger partial charge is 0.360 e. The minimum absolute atomic E-state index is 0.0298. The molecule has 10 heteroatoms. The van der Waals surface area contributed by atoms with Gasteiger partial charge in [0.25, 0.3) is 5.82 Å². The van der Waals surface area contributed by atoms with Crippen LogP contribution in [0.15, 0.2) is 12.1 Å². The Morgan fingerprint density at radius 3 is 2.74 bits per heavy atom. The Morgan fingerprint density at radius 1 is 1.37 bits per heavy atom. The van der Waals surface area contributed by atoms with Crippen LogP contribution in [0.25, 0.3) is 5.65 Å². The lowest BCUT2D eigenvalue weighted by Crippen LogP contribution is -2.26. The van der Waals surface area contributed by atoms with Gasteiger partial charge in [0.05, 0.1) is 6.54 Å². The second kappa shape index (κ2) is 4.71. The number of likely N-dealkylation sites (N-methyl/N-ethyl adjacent to an activating group) is 1. The number of hydrogen-bond donors (Lipinski definition) is 2. The minimum Gasteiger partial charge on any atom is -0.360 e. The van der Waals surface area contributed by atoms with Gasteiger partial charge in [0.2, 0.25) is 5.91 Å². The van der Waals surface area contributed by atoms with Crippen molar-refractivity contribution in [2.24, 2.45) is 0 Å². The van der Waals surface area contributed by atoms with Crippen LogP contribution in [0.3, 0.4) is 0 Å². The number of nitrogens with one attached hydrogen (secondary N) is 2. The lowest BCUT2D eigenvalue weighted by Gasteiger charge is -2.06. The fraction of sp³-hybridized carbons (Fsp3) is 0.333. The van der Waals surface area contributed by atoms with Gasteiger partial charge in [0, 0.05) is 7.05 Å². The first-order valence-electron chi connectivity index (χ1n) is 5.16. The number of rotatable bonds is 3. The first-order chi connectivity index (χ1) is 8.91. The van der Waals surface area contributed by atoms with E-state index in [0.29, 0.717) is 4.52 Å². The zero-order chi connectivity index (χ0) is 14.0. The van der Waals surface area contributed by atoms with Gasteiger partial charge < -0.3 is 10.6 Å². The number of alkyl halides is 3. The van der Waals surface area contributed by atoms with Crippen molar-refractivity contribution in [2.45, 2.75) is 6.18 Å². The van der Waals surface area contributed by atoms with Crippen LogP contribution in [0.4, 0.5) is 19.0 Å². The lowest BCUT2D eigenvalue weighted by atomic mass is 10.5. The topological polar surface area (TPSA) is 84.2 Å². The maximum atomic E-state index is 12.6. The molecule has 2 rings (SSSR count). The predicted molar refractivity (Wildman–Crippen MR) is 58.3 cm³/mol. The molecule has 102 valence electrons. The zero-order valence-corrected chi connectivity index (χ0v) is 9.69. The number of nitrogens with zero attached hydrogens (tertiary/aromatic N) is 4. The molecule has 1 amide bonds. The number of halogens is 3. The molecule has 0 atom stereocenters. The highest BCUT2D eigenvalue weighted by molar-refractivity contribution is 5.80. The van der Waals surface area contributed by atoms with Crippen molar-refractivity contribution in [3.8, 4) is 0 Å². The molecular weight excluding hydrogens is 265 g/mol. The number of carbonyl (C=O) groups excluding carboxylic acids is 1. The second-order valence-corrected chi connectivity index (χ2v) is 3.54. The van der Waals surface area contributed by atoms with E-state index in [0.717, 1.165) is 0 Å². The lowest BCUT2D eigenvalue weighted by molar-refractivity contribution is -0.146. The molecule has 0 saturated carbocycles. The van der Waals surface area contributed by atoms with E-state index in [9.17, 15) is 18.0 Å². The molecule has 0 aromatic carbocycles. The van der Waals surface area contributed by atoms with Crippen LogP contribution in [-0.2, 0) is 11.0 Å². The molecule has 0 bridgehead atoms. The largest absolute Gasteiger partial charge is 0.453 e. The molecule has 7 nitrogen and oxygen atoms in total. The Labute approximate surface area is 104 Å². The summed E-state index contributed by atoms with van der Waals surface area (Å²) < 4.78 is 38.4. The fourth-order valence-electron chi connectivity index (χ4n) is 1.32. The summed E-state index contributed by atoms with van der Waals surface area (Å²) in [6.07, 6.45) is -4.65. The van der Waals surface area contributed by atoms with Gasteiger partial charge in [-0.3, -0.25) is 4.79 Å². The van der Waals surface area contributed by atoms with Gasteiger partial charge in [-0.05, 0) is 12.1 Å². The fourth-order valence-corrected chi connectivity index (χ4v) is 1.32. The van der Waals surface area contributed by atoms with Crippen molar-refractivity contribution >= 4 is 17.4 Å². The van der Waals surface area contributed by atoms with E-state index in [1.165, 1.54) is 19.2 Å². The maximum Gasteiger partial charge on any atom is 0.453 e. The van der Waals surface area contributed by atoms with Gasteiger partial charge in [-0.1, -0.05) is 0 Å². The molecular formula is C9H9F3N6O. The molecule has 0 aliphatic carbocycles. The van der Waals surface area contributed by atoms with Crippen molar-refractivity contribution < 1.29 is 18.0 Å². The van der Waals surface area contributed by atoms with E-state index in [2.05, 4.69) is 25.9 Å². The Balaban J connectivity index is 2.31. The Kier molecular flexibility index (Phi) is 3.23. The van der Waals surface area contributed by atoms with E-state index in [1.54, 1.807) is 0 Å². The second-order valence-electron chi connectivity index (χ2n) is 3.54. The molecule has 2 heterocycles. The van der Waals surface area contributed by atoms with E-state index in [1.807, 2.05) is 0 Å². The summed E-state index contributed by atoms with van der Waals surface area (Å²) >= 11 is 0. The molecule has 0 fully saturated rings. The van der Waals surface area contributed by atoms with Crippen LogP contribution in [0, 0.1) is 0 Å². The van der Waals surface area contributed by atoms with Gasteiger partial charge in [0.15, 0.2) is 5.65 Å². The zero-order valence-electron chi connectivity index (χ0n) is 9.69. The van der Waals surface area contributed by atoms with E-state index in [-0.39, 0.29) is 23.9 Å². The average Bonchev–Trinajstić information content (AvgIpc) is 2.78. The quantitative estimate of drug-likeness (QED) is 0.841. The molecule has 19 heavy (non-hydrogen) atoms. The number of anilines is 1. The highest BCUT2D eigenvalue weighted by atomic mass is 19.4. The summed E-state index contributed by atoms with van der Waals surface area (Å²) in [6.45, 7) is -0.0987. The number of fused-ring (bicyclic) bond motifs is 1. The predicted octanol–water partition coefficient (Wildman–Crippen LogP) is 0.301. The van der Waals surface area contributed by atoms with Crippen LogP contribution >= 0.6 is 0 Å². The van der Waals surface area contributed by atoms with Gasteiger partial charge in [-0.15, -0.1) is 15.3 Å². The molecule has 2 N–H and O–H groups in total. The molecule has 2 aromatic heterocycles. The molecule has 0 aliphatic rings. The summed E-state index contributed by atoms with van der Waals surface area (Å²) in [5.41, 5.74) is -0.0298. The van der Waals surface area contributed by atoms with Gasteiger partial charge in [-0.2, -0.15) is 17.7 Å². The summed E-state index contributed by atoms with van der Waals surface area (Å²) in [5.74, 6) is -1.42. The Hall–Kier alpha value is -2.39. The van der Waals surface area contributed by atoms with Crippen LogP contribution in [-0.4, -0.2) is 39.3 Å². The molecule has 0 unspecified atom stereocenters. The minimum atomic E-state index is -4.65. The monoisotopic (exact) mass is 274 g/mol. The van der Waals surface area contributed by atoms with Crippen molar-refractivity contribution in [3.63, 3.8) is 0 Å². The van der Waals surface area contributed by atoms with Gasteiger partial charge in [0.1, 0.15) is 5.82 Å². The van der Waals surface area contributed by atoms with Crippen molar-refractivity contribution in [3.05, 3.63) is 18.0 Å². The average molecular weight is 274 g/mol. The molecule has 2 aromatic rings. The molecule has 0 saturated heterocycles. The third-order valence-corrected chi connectivity index (χ3v) is 2.23. The summed E-state index contributed by atoms with van der Waals surface area (Å²) in [7, 11) is 1.45. The van der Waals surface area contributed by atoms with Crippen molar-refractivity contribution in [1.29, 1.82) is 0 Å². The normalized spacial score (nSPS) is 11.6.